The molecule has 1 aromatic carbocycles. The molecule has 0 spiro atoms. The molecule has 0 saturated carbocycles. The fourth-order valence-electron chi connectivity index (χ4n) is 4.81. The van der Waals surface area contributed by atoms with Crippen molar-refractivity contribution in [2.45, 2.75) is 39.7 Å². The minimum Gasteiger partial charge on any atom is -0.457 e. The number of carbonyl (C=O) groups is 4. The number of ether oxygens (including phenoxy) is 2. The highest BCUT2D eigenvalue weighted by Crippen LogP contribution is 2.35. The van der Waals surface area contributed by atoms with Crippen LogP contribution in [0.2, 0.25) is 0 Å². The number of Topliss-reactive ketones (excluding diaryl/α,β-unsaturated/α-hetero) is 1. The van der Waals surface area contributed by atoms with Crippen LogP contribution < -0.4 is 4.74 Å². The van der Waals surface area contributed by atoms with Crippen molar-refractivity contribution in [1.29, 1.82) is 0 Å². The number of halogens is 2. The lowest BCUT2D eigenvalue weighted by Crippen LogP contribution is -2.33. The Kier molecular flexibility index (Phi) is 7.32. The monoisotopic (exact) mass is 500 g/mol. The van der Waals surface area contributed by atoms with Gasteiger partial charge in [0.05, 0.1) is 18.3 Å². The number of rotatable bonds is 9. The van der Waals surface area contributed by atoms with E-state index in [0.29, 0.717) is 29.8 Å². The van der Waals surface area contributed by atoms with Crippen LogP contribution in [0, 0.1) is 25.7 Å². The summed E-state index contributed by atoms with van der Waals surface area (Å²) in [4.78, 5) is 51.1. The zero-order valence-electron chi connectivity index (χ0n) is 19.9. The van der Waals surface area contributed by atoms with Crippen molar-refractivity contribution in [3.63, 3.8) is 0 Å². The number of alkyl halides is 2. The molecule has 1 aliphatic carbocycles. The van der Waals surface area contributed by atoms with Gasteiger partial charge in [-0.1, -0.05) is 12.2 Å². The molecule has 0 bridgehead atoms. The summed E-state index contributed by atoms with van der Waals surface area (Å²) >= 11 is 0. The molecule has 1 aliphatic heterocycles. The van der Waals surface area contributed by atoms with E-state index in [2.05, 4.69) is 4.74 Å². The summed E-state index contributed by atoms with van der Waals surface area (Å²) in [5.41, 5.74) is 2.33. The number of esters is 1. The minimum atomic E-state index is -2.92. The summed E-state index contributed by atoms with van der Waals surface area (Å²) in [7, 11) is 0. The topological polar surface area (TPSA) is 94.9 Å². The second-order valence-electron chi connectivity index (χ2n) is 8.81. The Bertz CT molecular complexity index is 1190. The molecule has 2 aromatic rings. The van der Waals surface area contributed by atoms with Gasteiger partial charge in [-0.05, 0) is 57.0 Å². The molecule has 8 nitrogen and oxygen atoms in total. The van der Waals surface area contributed by atoms with E-state index in [1.165, 1.54) is 12.1 Å². The Hall–Kier alpha value is -3.82. The summed E-state index contributed by atoms with van der Waals surface area (Å²) in [6.07, 6.45) is 4.64. The average Bonchev–Trinajstić information content (AvgIpc) is 3.28. The Balaban J connectivity index is 1.33. The predicted octanol–water partition coefficient (Wildman–Crippen LogP) is 3.76. The van der Waals surface area contributed by atoms with Crippen LogP contribution >= 0.6 is 0 Å². The number of benzene rings is 1. The van der Waals surface area contributed by atoms with E-state index in [-0.39, 0.29) is 42.4 Å². The predicted molar refractivity (Wildman–Crippen MR) is 124 cm³/mol. The molecule has 10 heteroatoms. The number of ketones is 1. The van der Waals surface area contributed by atoms with E-state index in [9.17, 15) is 28.0 Å². The quantitative estimate of drug-likeness (QED) is 0.225. The summed E-state index contributed by atoms with van der Waals surface area (Å²) in [6, 6.07) is 7.67. The number of aryl methyl sites for hydroxylation is 1. The van der Waals surface area contributed by atoms with Gasteiger partial charge in [0, 0.05) is 29.2 Å². The van der Waals surface area contributed by atoms with E-state index >= 15 is 0 Å². The lowest BCUT2D eigenvalue weighted by Gasteiger charge is -2.14. The molecular weight excluding hydrogens is 474 g/mol. The van der Waals surface area contributed by atoms with Crippen molar-refractivity contribution in [3.05, 3.63) is 59.4 Å². The molecule has 0 unspecified atom stereocenters. The maximum atomic E-state index is 12.8. The van der Waals surface area contributed by atoms with E-state index < -0.39 is 25.0 Å². The lowest BCUT2D eigenvalue weighted by molar-refractivity contribution is -0.145. The van der Waals surface area contributed by atoms with Crippen molar-refractivity contribution in [2.75, 3.05) is 13.2 Å². The van der Waals surface area contributed by atoms with E-state index in [1.807, 2.05) is 12.2 Å². The van der Waals surface area contributed by atoms with Gasteiger partial charge in [-0.2, -0.15) is 8.78 Å². The van der Waals surface area contributed by atoms with Crippen LogP contribution in [-0.4, -0.2) is 52.8 Å². The summed E-state index contributed by atoms with van der Waals surface area (Å²) in [5, 5.41) is 0. The SMILES string of the molecule is Cc1cc(C(=O)COC(=O)CCN2C(=O)[C@@H]3CC=CC[C@H]3C2=O)c(C)n1-c1ccc(OC(F)F)cc1. The first-order valence-electron chi connectivity index (χ1n) is 11.6. The van der Waals surface area contributed by atoms with Gasteiger partial charge < -0.3 is 14.0 Å². The van der Waals surface area contributed by atoms with Gasteiger partial charge in [-0.3, -0.25) is 24.1 Å². The number of nitrogens with zero attached hydrogens (tertiary/aromatic N) is 2. The van der Waals surface area contributed by atoms with Gasteiger partial charge >= 0.3 is 12.6 Å². The van der Waals surface area contributed by atoms with E-state index in [1.54, 1.807) is 36.6 Å². The van der Waals surface area contributed by atoms with Crippen LogP contribution in [0.5, 0.6) is 5.75 Å². The third-order valence-corrected chi connectivity index (χ3v) is 6.55. The number of imide groups is 1. The number of carbonyl (C=O) groups excluding carboxylic acids is 4. The van der Waals surface area contributed by atoms with Crippen LogP contribution in [-0.2, 0) is 19.1 Å². The van der Waals surface area contributed by atoms with Crippen LogP contribution in [0.3, 0.4) is 0 Å². The van der Waals surface area contributed by atoms with Crippen LogP contribution in [0.25, 0.3) is 5.69 Å². The highest BCUT2D eigenvalue weighted by atomic mass is 19.3. The van der Waals surface area contributed by atoms with Gasteiger partial charge in [0.1, 0.15) is 5.75 Å². The first-order valence-corrected chi connectivity index (χ1v) is 11.6. The molecule has 2 atom stereocenters. The second kappa shape index (κ2) is 10.4. The number of fused-ring (bicyclic) bond motifs is 1. The van der Waals surface area contributed by atoms with Crippen LogP contribution in [0.1, 0.15) is 41.0 Å². The zero-order valence-corrected chi connectivity index (χ0v) is 19.9. The van der Waals surface area contributed by atoms with Gasteiger partial charge in [0.2, 0.25) is 17.6 Å². The Labute approximate surface area is 206 Å². The molecule has 0 radical (unpaired) electrons. The zero-order chi connectivity index (χ0) is 26.0. The standard InChI is InChI=1S/C26H26F2N2O6/c1-15-13-21(16(2)30(15)17-7-9-18(10-8-17)36-26(27)28)22(31)14-35-23(32)11-12-29-24(33)19-5-3-4-6-20(19)25(29)34/h3-4,7-10,13,19-20,26H,5-6,11-12,14H2,1-2H3/t19-,20-/m1/s1. The van der Waals surface area contributed by atoms with Gasteiger partial charge in [-0.15, -0.1) is 0 Å². The largest absolute Gasteiger partial charge is 0.457 e. The molecule has 36 heavy (non-hydrogen) atoms. The Morgan fingerprint density at radius 2 is 1.64 bits per heavy atom. The molecule has 2 amide bonds. The number of amides is 2. The molecule has 1 saturated heterocycles. The molecule has 190 valence electrons. The van der Waals surface area contributed by atoms with E-state index in [4.69, 9.17) is 4.74 Å². The molecule has 0 N–H and O–H groups in total. The summed E-state index contributed by atoms with van der Waals surface area (Å²) in [5.74, 6) is -2.32. The molecular formula is C26H26F2N2O6. The van der Waals surface area contributed by atoms with Crippen molar-refractivity contribution < 1.29 is 37.4 Å². The van der Waals surface area contributed by atoms with Crippen molar-refractivity contribution in [3.8, 4) is 11.4 Å². The van der Waals surface area contributed by atoms with Crippen molar-refractivity contribution in [2.24, 2.45) is 11.8 Å². The maximum absolute atomic E-state index is 12.8. The lowest BCUT2D eigenvalue weighted by atomic mass is 9.85. The summed E-state index contributed by atoms with van der Waals surface area (Å²) in [6.45, 7) is 0.0376. The first kappa shape index (κ1) is 25.3. The van der Waals surface area contributed by atoms with E-state index in [0.717, 1.165) is 10.6 Å². The molecule has 1 aromatic heterocycles. The number of hydrogen-bond donors (Lipinski definition) is 0. The minimum absolute atomic E-state index is 0.0205. The number of allylic oxidation sites excluding steroid dienone is 2. The molecule has 2 aliphatic rings. The smallest absolute Gasteiger partial charge is 0.387 e. The number of aromatic nitrogens is 1. The highest BCUT2D eigenvalue weighted by molar-refractivity contribution is 6.05. The van der Waals surface area contributed by atoms with Crippen molar-refractivity contribution in [1.82, 2.24) is 9.47 Å². The van der Waals surface area contributed by atoms with Gasteiger partial charge in [0.25, 0.3) is 0 Å². The fraction of sp³-hybridized carbons (Fsp3) is 0.385. The van der Waals surface area contributed by atoms with Gasteiger partial charge in [-0.25, -0.2) is 0 Å². The fourth-order valence-corrected chi connectivity index (χ4v) is 4.81. The van der Waals surface area contributed by atoms with Crippen LogP contribution in [0.15, 0.2) is 42.5 Å². The highest BCUT2D eigenvalue weighted by Gasteiger charge is 2.46. The van der Waals surface area contributed by atoms with Crippen molar-refractivity contribution >= 4 is 23.6 Å². The third-order valence-electron chi connectivity index (χ3n) is 6.55. The number of likely N-dealkylation sites (tertiary alicyclic amines) is 1. The molecule has 2 heterocycles. The normalized spacial score (nSPS) is 19.1. The third kappa shape index (κ3) is 5.07. The Morgan fingerprint density at radius 3 is 2.22 bits per heavy atom. The van der Waals surface area contributed by atoms with Gasteiger partial charge in [0.15, 0.2) is 6.61 Å². The number of hydrogen-bond acceptors (Lipinski definition) is 6. The maximum Gasteiger partial charge on any atom is 0.387 e. The summed E-state index contributed by atoms with van der Waals surface area (Å²) < 4.78 is 36.0. The van der Waals surface area contributed by atoms with Crippen LogP contribution in [0.4, 0.5) is 8.78 Å². The average molecular weight is 500 g/mol. The first-order chi connectivity index (χ1) is 17.2. The Morgan fingerprint density at radius 1 is 1.03 bits per heavy atom. The second-order valence-corrected chi connectivity index (χ2v) is 8.81. The molecule has 1 fully saturated rings. The molecule has 4 rings (SSSR count).